The molecule has 2 aromatic heterocycles. The summed E-state index contributed by atoms with van der Waals surface area (Å²) in [6.45, 7) is 1.87. The van der Waals surface area contributed by atoms with Crippen LogP contribution in [0.15, 0.2) is 12.7 Å². The molecule has 5 atom stereocenters. The number of hydrogen-bond donors (Lipinski definition) is 4. The molecule has 14 heteroatoms. The summed E-state index contributed by atoms with van der Waals surface area (Å²) < 4.78 is 6.79. The van der Waals surface area contributed by atoms with Crippen molar-refractivity contribution in [3.63, 3.8) is 0 Å². The lowest BCUT2D eigenvalue weighted by Crippen LogP contribution is -2.48. The van der Waals surface area contributed by atoms with Crippen LogP contribution in [0.2, 0.25) is 0 Å². The second kappa shape index (κ2) is 7.26. The third-order valence-corrected chi connectivity index (χ3v) is 4.05. The first-order valence-corrected chi connectivity index (χ1v) is 7.88. The second-order valence-corrected chi connectivity index (χ2v) is 5.70. The molecule has 3 rings (SSSR count). The number of amides is 1. The number of aliphatic hydroxyl groups excluding tert-OH is 2. The number of ether oxygens (including phenoxy) is 1. The molecule has 1 saturated heterocycles. The van der Waals surface area contributed by atoms with Gasteiger partial charge in [0.05, 0.1) is 6.33 Å². The van der Waals surface area contributed by atoms with E-state index in [-0.39, 0.29) is 23.5 Å². The first-order valence-electron chi connectivity index (χ1n) is 7.88. The summed E-state index contributed by atoms with van der Waals surface area (Å²) in [5.41, 5.74) is 6.09. The van der Waals surface area contributed by atoms with Gasteiger partial charge in [0.15, 0.2) is 29.9 Å². The van der Waals surface area contributed by atoms with Crippen molar-refractivity contribution in [2.24, 2.45) is 0 Å². The van der Waals surface area contributed by atoms with Gasteiger partial charge in [0.2, 0.25) is 0 Å². The predicted octanol–water partition coefficient (Wildman–Crippen LogP) is -2.26. The zero-order valence-corrected chi connectivity index (χ0v) is 14.0. The number of carbonyl (C=O) groups excluding carboxylic acids is 1. The number of nitrogen functional groups attached to an aromatic ring is 1. The van der Waals surface area contributed by atoms with E-state index < -0.39 is 41.6 Å². The second-order valence-electron chi connectivity index (χ2n) is 5.70. The van der Waals surface area contributed by atoms with Crippen molar-refractivity contribution in [1.82, 2.24) is 24.8 Å². The lowest BCUT2D eigenvalue weighted by atomic mass is 10.0. The van der Waals surface area contributed by atoms with Crippen LogP contribution in [-0.2, 0) is 14.4 Å². The number of imidazole rings is 1. The van der Waals surface area contributed by atoms with Crippen LogP contribution in [0.1, 0.15) is 13.2 Å². The summed E-state index contributed by atoms with van der Waals surface area (Å²) in [4.78, 5) is 39.1. The first kappa shape index (κ1) is 18.7. The maximum absolute atomic E-state index is 11.9. The summed E-state index contributed by atoms with van der Waals surface area (Å²) in [7, 11) is 0. The number of fused-ring (bicyclic) bond motifs is 1. The Labute approximate surface area is 151 Å². The fraction of sp³-hybridized carbons (Fsp3) is 0.538. The van der Waals surface area contributed by atoms with E-state index in [1.807, 2.05) is 0 Å². The number of nitrogens with one attached hydrogen (secondary N) is 1. The van der Waals surface area contributed by atoms with Gasteiger partial charge >= 0.3 is 0 Å². The van der Waals surface area contributed by atoms with Gasteiger partial charge in [-0.1, -0.05) is 0 Å². The van der Waals surface area contributed by atoms with Crippen LogP contribution in [0.3, 0.4) is 0 Å². The van der Waals surface area contributed by atoms with E-state index in [4.69, 9.17) is 10.5 Å². The van der Waals surface area contributed by atoms with Crippen LogP contribution >= 0.6 is 0 Å². The standard InChI is InChI=1S/C13H17N7O7/c1-2-15-12(23)7(22)8-6(21)9(27-20(24)25)13(26-8)19-4-18-5-10(14)16-3-17-11(5)19/h3-4,6-9,13,21-22H,2H2,1H3,(H,15,23)(H2,14,16,17)/t6?,7?,8-,9?,13+/m0/s1. The molecule has 1 fully saturated rings. The third-order valence-electron chi connectivity index (χ3n) is 4.05. The number of nitrogens with zero attached hydrogens (tertiary/aromatic N) is 5. The van der Waals surface area contributed by atoms with Crippen molar-refractivity contribution < 1.29 is 29.7 Å². The van der Waals surface area contributed by atoms with Crippen molar-refractivity contribution in [2.45, 2.75) is 37.6 Å². The normalized spacial score (nSPS) is 26.0. The quantitative estimate of drug-likeness (QED) is 0.310. The summed E-state index contributed by atoms with van der Waals surface area (Å²) in [5, 5.41) is 32.7. The number of likely N-dealkylation sites (N-methyl/N-ethyl adjacent to an activating group) is 1. The Morgan fingerprint density at radius 1 is 1.56 bits per heavy atom. The van der Waals surface area contributed by atoms with E-state index in [0.29, 0.717) is 0 Å². The van der Waals surface area contributed by atoms with Crippen LogP contribution in [0.4, 0.5) is 5.82 Å². The first-order chi connectivity index (χ1) is 12.8. The Bertz CT molecular complexity index is 859. The molecule has 1 amide bonds. The monoisotopic (exact) mass is 383 g/mol. The summed E-state index contributed by atoms with van der Waals surface area (Å²) in [5.74, 6) is -0.730. The minimum absolute atomic E-state index is 0.0722. The van der Waals surface area contributed by atoms with Crippen LogP contribution < -0.4 is 11.1 Å². The fourth-order valence-electron chi connectivity index (χ4n) is 2.86. The van der Waals surface area contributed by atoms with Crippen molar-refractivity contribution in [1.29, 1.82) is 0 Å². The lowest BCUT2D eigenvalue weighted by Gasteiger charge is -2.20. The minimum atomic E-state index is -1.78. The van der Waals surface area contributed by atoms with Gasteiger partial charge in [0.25, 0.3) is 11.0 Å². The highest BCUT2D eigenvalue weighted by Crippen LogP contribution is 2.35. The van der Waals surface area contributed by atoms with Gasteiger partial charge in [-0.05, 0) is 6.92 Å². The van der Waals surface area contributed by atoms with Gasteiger partial charge in [0, 0.05) is 6.54 Å². The van der Waals surface area contributed by atoms with E-state index in [2.05, 4.69) is 25.1 Å². The number of anilines is 1. The molecule has 5 N–H and O–H groups in total. The van der Waals surface area contributed by atoms with Gasteiger partial charge in [0.1, 0.15) is 24.1 Å². The Kier molecular flexibility index (Phi) is 5.02. The molecule has 146 valence electrons. The highest BCUT2D eigenvalue weighted by Gasteiger charge is 2.51. The fourth-order valence-corrected chi connectivity index (χ4v) is 2.86. The highest BCUT2D eigenvalue weighted by molar-refractivity contribution is 5.82. The van der Waals surface area contributed by atoms with Gasteiger partial charge in [-0.2, -0.15) is 0 Å². The van der Waals surface area contributed by atoms with Crippen LogP contribution in [0.5, 0.6) is 0 Å². The minimum Gasteiger partial charge on any atom is -0.388 e. The number of nitrogens with two attached hydrogens (primary N) is 1. The lowest BCUT2D eigenvalue weighted by molar-refractivity contribution is -0.772. The molecule has 3 unspecified atom stereocenters. The van der Waals surface area contributed by atoms with E-state index >= 15 is 0 Å². The van der Waals surface area contributed by atoms with Crippen LogP contribution in [0.25, 0.3) is 11.2 Å². The van der Waals surface area contributed by atoms with Gasteiger partial charge in [-0.15, -0.1) is 10.1 Å². The Balaban J connectivity index is 1.97. The number of aromatic nitrogens is 4. The molecule has 0 aromatic carbocycles. The molecule has 0 bridgehead atoms. The van der Waals surface area contributed by atoms with E-state index in [1.54, 1.807) is 6.92 Å². The van der Waals surface area contributed by atoms with Gasteiger partial charge in [-0.25, -0.2) is 15.0 Å². The van der Waals surface area contributed by atoms with Crippen LogP contribution in [-0.4, -0.2) is 71.7 Å². The Morgan fingerprint density at radius 2 is 2.30 bits per heavy atom. The molecule has 0 spiro atoms. The van der Waals surface area contributed by atoms with Crippen LogP contribution in [0, 0.1) is 10.1 Å². The molecule has 27 heavy (non-hydrogen) atoms. The number of carbonyl (C=O) groups is 1. The number of hydrogen-bond acceptors (Lipinski definition) is 11. The molecule has 14 nitrogen and oxygen atoms in total. The van der Waals surface area contributed by atoms with E-state index in [1.165, 1.54) is 10.9 Å². The third kappa shape index (κ3) is 3.32. The van der Waals surface area contributed by atoms with Crippen molar-refractivity contribution in [3.8, 4) is 0 Å². The molecular weight excluding hydrogens is 366 g/mol. The maximum Gasteiger partial charge on any atom is 0.295 e. The largest absolute Gasteiger partial charge is 0.388 e. The molecule has 1 aliphatic rings. The van der Waals surface area contributed by atoms with Crippen molar-refractivity contribution in [3.05, 3.63) is 22.8 Å². The maximum atomic E-state index is 11.9. The number of aliphatic hydroxyl groups is 2. The molecular formula is C13H17N7O7. The van der Waals surface area contributed by atoms with Gasteiger partial charge in [-0.3, -0.25) is 9.36 Å². The molecule has 0 saturated carbocycles. The van der Waals surface area contributed by atoms with Crippen molar-refractivity contribution in [2.75, 3.05) is 12.3 Å². The number of rotatable bonds is 6. The molecule has 1 aliphatic heterocycles. The molecule has 3 heterocycles. The smallest absolute Gasteiger partial charge is 0.295 e. The molecule has 0 aliphatic carbocycles. The summed E-state index contributed by atoms with van der Waals surface area (Å²) >= 11 is 0. The summed E-state index contributed by atoms with van der Waals surface area (Å²) in [6, 6.07) is 0. The van der Waals surface area contributed by atoms with Gasteiger partial charge < -0.3 is 30.8 Å². The Hall–Kier alpha value is -3.10. The van der Waals surface area contributed by atoms with Crippen molar-refractivity contribution >= 4 is 22.9 Å². The van der Waals surface area contributed by atoms with E-state index in [0.717, 1.165) is 6.33 Å². The SMILES string of the molecule is CCNC(=O)C(O)[C@H]1O[C@@H](n2cnc3c(N)ncnc32)C(O[N+](=O)[O-])C1O. The zero-order chi connectivity index (χ0) is 19.7. The molecule has 0 radical (unpaired) electrons. The Morgan fingerprint density at radius 3 is 2.96 bits per heavy atom. The zero-order valence-electron chi connectivity index (χ0n) is 14.0. The average molecular weight is 383 g/mol. The summed E-state index contributed by atoms with van der Waals surface area (Å²) in [6.07, 6.45) is -5.42. The highest BCUT2D eigenvalue weighted by atomic mass is 17.0. The molecule has 2 aromatic rings. The topological polar surface area (TPSA) is 201 Å². The van der Waals surface area contributed by atoms with E-state index in [9.17, 15) is 25.1 Å². The average Bonchev–Trinajstić information content (AvgIpc) is 3.17. The predicted molar refractivity (Wildman–Crippen MR) is 86.2 cm³/mol.